The Morgan fingerprint density at radius 2 is 2.05 bits per heavy atom. The fourth-order valence-corrected chi connectivity index (χ4v) is 2.41. The number of nitrogens with zero attached hydrogens (tertiary/aromatic N) is 3. The monoisotopic (exact) mass is 305 g/mol. The van der Waals surface area contributed by atoms with Crippen LogP contribution < -0.4 is 16.2 Å². The molecule has 112 valence electrons. The minimum Gasteiger partial charge on any atom is -0.353 e. The zero-order valence-corrected chi connectivity index (χ0v) is 13.2. The van der Waals surface area contributed by atoms with Gasteiger partial charge in [-0.3, -0.25) is 0 Å². The summed E-state index contributed by atoms with van der Waals surface area (Å²) in [6.45, 7) is 4.10. The fraction of sp³-hybridized carbons (Fsp3) is 0.333. The van der Waals surface area contributed by atoms with Crippen molar-refractivity contribution in [3.05, 3.63) is 46.7 Å². The van der Waals surface area contributed by atoms with Crippen LogP contribution in [0.3, 0.4) is 0 Å². The lowest BCUT2D eigenvalue weighted by Crippen LogP contribution is -2.24. The van der Waals surface area contributed by atoms with Crippen LogP contribution in [-0.4, -0.2) is 17.0 Å². The molecule has 0 saturated carbocycles. The van der Waals surface area contributed by atoms with Crippen molar-refractivity contribution in [3.8, 4) is 0 Å². The van der Waals surface area contributed by atoms with Crippen LogP contribution >= 0.6 is 11.6 Å². The van der Waals surface area contributed by atoms with Crippen LogP contribution in [0.1, 0.15) is 31.3 Å². The van der Waals surface area contributed by atoms with Gasteiger partial charge in [-0.1, -0.05) is 36.7 Å². The average Bonchev–Trinajstić information content (AvgIpc) is 2.53. The first-order chi connectivity index (χ1) is 10.1. The number of benzene rings is 1. The van der Waals surface area contributed by atoms with Crippen molar-refractivity contribution >= 4 is 23.2 Å². The highest BCUT2D eigenvalue weighted by Crippen LogP contribution is 2.29. The third kappa shape index (κ3) is 3.43. The zero-order chi connectivity index (χ0) is 15.4. The van der Waals surface area contributed by atoms with E-state index >= 15 is 0 Å². The van der Waals surface area contributed by atoms with Crippen molar-refractivity contribution in [2.45, 2.75) is 26.3 Å². The Morgan fingerprint density at radius 3 is 2.67 bits per heavy atom. The predicted octanol–water partition coefficient (Wildman–Crippen LogP) is 3.18. The maximum atomic E-state index is 6.28. The Hall–Kier alpha value is -1.85. The number of rotatable bonds is 5. The summed E-state index contributed by atoms with van der Waals surface area (Å²) in [6.07, 6.45) is 0.747. The van der Waals surface area contributed by atoms with Gasteiger partial charge in [0.2, 0.25) is 0 Å². The lowest BCUT2D eigenvalue weighted by atomic mass is 10.1. The van der Waals surface area contributed by atoms with Gasteiger partial charge in [0.25, 0.3) is 0 Å². The van der Waals surface area contributed by atoms with Crippen molar-refractivity contribution in [1.82, 2.24) is 9.97 Å². The Bertz CT molecular complexity index is 595. The van der Waals surface area contributed by atoms with Crippen LogP contribution in [0.2, 0.25) is 5.02 Å². The topological polar surface area (TPSA) is 67.1 Å². The number of nitrogen functional groups attached to an aromatic ring is 1. The maximum absolute atomic E-state index is 6.28. The van der Waals surface area contributed by atoms with E-state index in [1.54, 1.807) is 0 Å². The molecule has 1 atom stereocenters. The molecule has 0 saturated heterocycles. The lowest BCUT2D eigenvalue weighted by molar-refractivity contribution is 0.722. The molecule has 5 nitrogen and oxygen atoms in total. The van der Waals surface area contributed by atoms with Crippen LogP contribution in [0.15, 0.2) is 30.3 Å². The van der Waals surface area contributed by atoms with E-state index in [0.29, 0.717) is 5.82 Å². The molecule has 0 aliphatic carbocycles. The Morgan fingerprint density at radius 1 is 1.33 bits per heavy atom. The lowest BCUT2D eigenvalue weighted by Gasteiger charge is -2.27. The standard InChI is InChI=1S/C15H20ClN5/c1-4-13-18-14(20-17)9-15(19-13)21(3)10(2)11-7-5-6-8-12(11)16/h5-10H,4,17H2,1-3H3,(H,18,19,20). The van der Waals surface area contributed by atoms with Crippen molar-refractivity contribution in [3.63, 3.8) is 0 Å². The van der Waals surface area contributed by atoms with Crippen molar-refractivity contribution in [1.29, 1.82) is 0 Å². The number of aromatic nitrogens is 2. The molecule has 0 amide bonds. The number of hydrogen-bond donors (Lipinski definition) is 2. The molecule has 0 spiro atoms. The maximum Gasteiger partial charge on any atom is 0.145 e. The minimum atomic E-state index is 0.0870. The second kappa shape index (κ2) is 6.74. The molecular weight excluding hydrogens is 286 g/mol. The quantitative estimate of drug-likeness (QED) is 0.656. The van der Waals surface area contributed by atoms with Gasteiger partial charge in [-0.25, -0.2) is 15.8 Å². The highest BCUT2D eigenvalue weighted by molar-refractivity contribution is 6.31. The van der Waals surface area contributed by atoms with E-state index in [1.807, 2.05) is 44.3 Å². The zero-order valence-electron chi connectivity index (χ0n) is 12.5. The number of hydrogen-bond acceptors (Lipinski definition) is 5. The van der Waals surface area contributed by atoms with Crippen LogP contribution in [0.25, 0.3) is 0 Å². The summed E-state index contributed by atoms with van der Waals surface area (Å²) in [5, 5.41) is 0.749. The molecule has 3 N–H and O–H groups in total. The van der Waals surface area contributed by atoms with Crippen LogP contribution in [0.4, 0.5) is 11.6 Å². The summed E-state index contributed by atoms with van der Waals surface area (Å²) in [4.78, 5) is 10.9. The van der Waals surface area contributed by atoms with Gasteiger partial charge in [0, 0.05) is 24.6 Å². The third-order valence-corrected chi connectivity index (χ3v) is 3.86. The Labute approximate surface area is 130 Å². The van der Waals surface area contributed by atoms with E-state index in [0.717, 1.165) is 28.6 Å². The highest BCUT2D eigenvalue weighted by Gasteiger charge is 2.17. The largest absolute Gasteiger partial charge is 0.353 e. The van der Waals surface area contributed by atoms with E-state index in [4.69, 9.17) is 17.4 Å². The summed E-state index contributed by atoms with van der Waals surface area (Å²) in [6, 6.07) is 9.74. The van der Waals surface area contributed by atoms with Gasteiger partial charge in [-0.05, 0) is 18.6 Å². The highest BCUT2D eigenvalue weighted by atomic mass is 35.5. The summed E-state index contributed by atoms with van der Waals surface area (Å²) < 4.78 is 0. The van der Waals surface area contributed by atoms with Crippen LogP contribution in [0, 0.1) is 0 Å². The summed E-state index contributed by atoms with van der Waals surface area (Å²) in [5.74, 6) is 7.64. The van der Waals surface area contributed by atoms with Gasteiger partial charge in [0.15, 0.2) is 0 Å². The molecule has 0 aliphatic heterocycles. The van der Waals surface area contributed by atoms with E-state index in [-0.39, 0.29) is 6.04 Å². The fourth-order valence-electron chi connectivity index (χ4n) is 2.12. The number of anilines is 2. The molecule has 1 heterocycles. The molecule has 6 heteroatoms. The third-order valence-electron chi connectivity index (χ3n) is 3.52. The Kier molecular flexibility index (Phi) is 4.98. The van der Waals surface area contributed by atoms with Crippen LogP contribution in [0.5, 0.6) is 0 Å². The van der Waals surface area contributed by atoms with E-state index < -0.39 is 0 Å². The first kappa shape index (κ1) is 15.5. The first-order valence-corrected chi connectivity index (χ1v) is 7.26. The summed E-state index contributed by atoms with van der Waals surface area (Å²) in [5.41, 5.74) is 3.64. The number of nitrogens with one attached hydrogen (secondary N) is 1. The molecule has 2 rings (SSSR count). The molecule has 0 radical (unpaired) electrons. The molecule has 0 bridgehead atoms. The van der Waals surface area contributed by atoms with Gasteiger partial charge < -0.3 is 10.3 Å². The molecule has 21 heavy (non-hydrogen) atoms. The van der Waals surface area contributed by atoms with Crippen molar-refractivity contribution < 1.29 is 0 Å². The van der Waals surface area contributed by atoms with Gasteiger partial charge in [-0.15, -0.1) is 0 Å². The van der Waals surface area contributed by atoms with Crippen molar-refractivity contribution in [2.24, 2.45) is 5.84 Å². The molecule has 1 aromatic carbocycles. The minimum absolute atomic E-state index is 0.0870. The molecule has 1 aromatic heterocycles. The normalized spacial score (nSPS) is 12.0. The predicted molar refractivity (Wildman–Crippen MR) is 87.5 cm³/mol. The average molecular weight is 306 g/mol. The molecule has 0 aliphatic rings. The van der Waals surface area contributed by atoms with Gasteiger partial charge in [0.1, 0.15) is 17.5 Å². The SMILES string of the molecule is CCc1nc(NN)cc(N(C)C(C)c2ccccc2Cl)n1. The second-order valence-electron chi connectivity index (χ2n) is 4.83. The van der Waals surface area contributed by atoms with E-state index in [2.05, 4.69) is 27.2 Å². The van der Waals surface area contributed by atoms with Crippen molar-refractivity contribution in [2.75, 3.05) is 17.4 Å². The summed E-state index contributed by atoms with van der Waals surface area (Å²) >= 11 is 6.28. The molecule has 2 aromatic rings. The first-order valence-electron chi connectivity index (χ1n) is 6.88. The van der Waals surface area contributed by atoms with E-state index in [9.17, 15) is 0 Å². The van der Waals surface area contributed by atoms with Gasteiger partial charge in [-0.2, -0.15) is 0 Å². The molecule has 1 unspecified atom stereocenters. The molecule has 0 fully saturated rings. The molecular formula is C15H20ClN5. The van der Waals surface area contributed by atoms with Gasteiger partial charge in [0.05, 0.1) is 6.04 Å². The van der Waals surface area contributed by atoms with Crippen LogP contribution in [-0.2, 0) is 6.42 Å². The number of halogens is 1. The second-order valence-corrected chi connectivity index (χ2v) is 5.24. The Balaban J connectivity index is 2.35. The number of nitrogens with two attached hydrogens (primary N) is 1. The van der Waals surface area contributed by atoms with E-state index in [1.165, 1.54) is 0 Å². The summed E-state index contributed by atoms with van der Waals surface area (Å²) in [7, 11) is 1.98. The van der Waals surface area contributed by atoms with Gasteiger partial charge >= 0.3 is 0 Å². The smallest absolute Gasteiger partial charge is 0.145 e. The number of hydrazine groups is 1. The number of aryl methyl sites for hydroxylation is 1.